The van der Waals surface area contributed by atoms with Crippen LogP contribution >= 0.6 is 0 Å². The minimum Gasteiger partial charge on any atom is -0.394 e. The van der Waals surface area contributed by atoms with E-state index < -0.39 is 33.3 Å². The lowest BCUT2D eigenvalue weighted by Gasteiger charge is -2.27. The van der Waals surface area contributed by atoms with Crippen molar-refractivity contribution in [2.45, 2.75) is 11.9 Å². The van der Waals surface area contributed by atoms with Crippen molar-refractivity contribution in [2.24, 2.45) is 0 Å². The normalized spacial score (nSPS) is 27.6. The van der Waals surface area contributed by atoms with Gasteiger partial charge < -0.3 is 14.6 Å². The van der Waals surface area contributed by atoms with Crippen LogP contribution in [0.25, 0.3) is 0 Å². The van der Waals surface area contributed by atoms with Crippen LogP contribution in [0.4, 0.5) is 4.39 Å². The van der Waals surface area contributed by atoms with Gasteiger partial charge in [0.05, 0.1) is 13.2 Å². The first kappa shape index (κ1) is 14.4. The topological polar surface area (TPSA) is 72.8 Å². The Bertz CT molecular complexity index is 559. The van der Waals surface area contributed by atoms with Crippen LogP contribution in [0.2, 0.25) is 0 Å². The number of hydrogen-bond donors (Lipinski definition) is 1. The predicted molar refractivity (Wildman–Crippen MR) is 65.7 cm³/mol. The molecule has 106 valence electrons. The van der Waals surface area contributed by atoms with E-state index in [-0.39, 0.29) is 18.8 Å². The first-order chi connectivity index (χ1) is 8.85. The molecular formula is C12H15FO5S. The number of ether oxygens (including phenoxy) is 2. The first-order valence-corrected chi connectivity index (χ1v) is 7.77. The van der Waals surface area contributed by atoms with E-state index in [1.807, 2.05) is 0 Å². The van der Waals surface area contributed by atoms with Gasteiger partial charge in [-0.3, -0.25) is 0 Å². The summed E-state index contributed by atoms with van der Waals surface area (Å²) in [4.78, 5) is 0. The molecule has 0 spiro atoms. The molecule has 2 rings (SSSR count). The van der Waals surface area contributed by atoms with Crippen molar-refractivity contribution in [3.05, 3.63) is 35.6 Å². The summed E-state index contributed by atoms with van der Waals surface area (Å²) in [6, 6.07) is 5.41. The van der Waals surface area contributed by atoms with E-state index in [4.69, 9.17) is 14.6 Å². The Kier molecular flexibility index (Phi) is 3.91. The second-order valence-corrected chi connectivity index (χ2v) is 6.71. The lowest BCUT2D eigenvalue weighted by atomic mass is 10.1. The molecule has 1 heterocycles. The van der Waals surface area contributed by atoms with E-state index in [1.54, 1.807) is 0 Å². The largest absolute Gasteiger partial charge is 0.394 e. The fraction of sp³-hybridized carbons (Fsp3) is 0.500. The highest BCUT2D eigenvalue weighted by atomic mass is 32.2. The van der Waals surface area contributed by atoms with E-state index in [2.05, 4.69) is 0 Å². The Morgan fingerprint density at radius 3 is 2.79 bits per heavy atom. The summed E-state index contributed by atoms with van der Waals surface area (Å²) in [5.41, 5.74) is 0.286. The highest BCUT2D eigenvalue weighted by molar-refractivity contribution is 7.90. The second-order valence-electron chi connectivity index (χ2n) is 4.57. The zero-order valence-electron chi connectivity index (χ0n) is 10.4. The van der Waals surface area contributed by atoms with Crippen LogP contribution in [0.5, 0.6) is 0 Å². The number of hydrogen-bond acceptors (Lipinski definition) is 5. The van der Waals surface area contributed by atoms with Crippen molar-refractivity contribution < 1.29 is 27.4 Å². The molecule has 0 saturated carbocycles. The first-order valence-electron chi connectivity index (χ1n) is 5.71. The van der Waals surface area contributed by atoms with Crippen LogP contribution < -0.4 is 0 Å². The number of halogens is 1. The maximum absolute atomic E-state index is 13.3. The molecule has 2 atom stereocenters. The lowest BCUT2D eigenvalue weighted by Crippen LogP contribution is -2.36. The van der Waals surface area contributed by atoms with E-state index in [0.717, 1.165) is 6.26 Å². The fourth-order valence-electron chi connectivity index (χ4n) is 2.04. The number of rotatable bonds is 4. The second kappa shape index (κ2) is 5.16. The molecule has 7 heteroatoms. The van der Waals surface area contributed by atoms with Crippen molar-refractivity contribution >= 4 is 9.84 Å². The standard InChI is InChI=1S/C12H15FO5S/c1-19(15,16)8-12(17-7-11(6-14)18-12)9-3-2-4-10(13)5-9/h2-5,11,14H,6-8H2,1H3. The zero-order valence-corrected chi connectivity index (χ0v) is 11.2. The van der Waals surface area contributed by atoms with Gasteiger partial charge in [0.1, 0.15) is 17.7 Å². The Morgan fingerprint density at radius 2 is 2.26 bits per heavy atom. The van der Waals surface area contributed by atoms with E-state index >= 15 is 0 Å². The number of sulfone groups is 1. The maximum Gasteiger partial charge on any atom is 0.209 e. The van der Waals surface area contributed by atoms with Gasteiger partial charge in [-0.2, -0.15) is 0 Å². The highest BCUT2D eigenvalue weighted by Gasteiger charge is 2.45. The van der Waals surface area contributed by atoms with Crippen molar-refractivity contribution in [3.8, 4) is 0 Å². The average molecular weight is 290 g/mol. The van der Waals surface area contributed by atoms with Crippen LogP contribution in [0.1, 0.15) is 5.56 Å². The van der Waals surface area contributed by atoms with E-state index in [9.17, 15) is 12.8 Å². The zero-order chi connectivity index (χ0) is 14.1. The smallest absolute Gasteiger partial charge is 0.209 e. The molecule has 0 bridgehead atoms. The minimum atomic E-state index is -3.41. The Hall–Kier alpha value is -1.02. The third-order valence-electron chi connectivity index (χ3n) is 2.78. The summed E-state index contributed by atoms with van der Waals surface area (Å²) < 4.78 is 47.3. The van der Waals surface area contributed by atoms with Crippen LogP contribution in [-0.4, -0.2) is 44.9 Å². The molecule has 1 aromatic carbocycles. The van der Waals surface area contributed by atoms with E-state index in [1.165, 1.54) is 24.3 Å². The average Bonchev–Trinajstić information content (AvgIpc) is 2.71. The summed E-state index contributed by atoms with van der Waals surface area (Å²) in [5, 5.41) is 9.07. The molecule has 19 heavy (non-hydrogen) atoms. The van der Waals surface area contributed by atoms with Gasteiger partial charge in [0.15, 0.2) is 9.84 Å². The highest BCUT2D eigenvalue weighted by Crippen LogP contribution is 2.35. The van der Waals surface area contributed by atoms with Gasteiger partial charge in [-0.25, -0.2) is 12.8 Å². The van der Waals surface area contributed by atoms with Crippen LogP contribution in [-0.2, 0) is 25.1 Å². The molecule has 1 saturated heterocycles. The monoisotopic (exact) mass is 290 g/mol. The molecule has 5 nitrogen and oxygen atoms in total. The number of aliphatic hydroxyl groups is 1. The van der Waals surface area contributed by atoms with Crippen molar-refractivity contribution in [1.82, 2.24) is 0 Å². The quantitative estimate of drug-likeness (QED) is 0.870. The van der Waals surface area contributed by atoms with Gasteiger partial charge in [-0.15, -0.1) is 0 Å². The summed E-state index contributed by atoms with van der Waals surface area (Å²) >= 11 is 0. The molecule has 1 aliphatic heterocycles. The Labute approximate surface area is 110 Å². The molecule has 0 radical (unpaired) electrons. The molecule has 1 N–H and O–H groups in total. The van der Waals surface area contributed by atoms with Gasteiger partial charge in [-0.05, 0) is 12.1 Å². The van der Waals surface area contributed by atoms with Crippen molar-refractivity contribution in [3.63, 3.8) is 0 Å². The van der Waals surface area contributed by atoms with Crippen LogP contribution in [0.3, 0.4) is 0 Å². The third-order valence-corrected chi connectivity index (χ3v) is 3.68. The summed E-state index contributed by atoms with van der Waals surface area (Å²) in [7, 11) is -3.41. The molecule has 0 amide bonds. The summed E-state index contributed by atoms with van der Waals surface area (Å²) in [6.45, 7) is -0.233. The predicted octanol–water partition coefficient (Wildman–Crippen LogP) is 0.431. The minimum absolute atomic E-state index is 0.0581. The molecule has 0 aliphatic carbocycles. The fourth-order valence-corrected chi connectivity index (χ4v) is 3.04. The number of benzene rings is 1. The molecular weight excluding hydrogens is 275 g/mol. The van der Waals surface area contributed by atoms with Crippen molar-refractivity contribution in [2.75, 3.05) is 25.2 Å². The van der Waals surface area contributed by atoms with Gasteiger partial charge in [0, 0.05) is 11.8 Å². The van der Waals surface area contributed by atoms with Gasteiger partial charge in [0.2, 0.25) is 5.79 Å². The lowest BCUT2D eigenvalue weighted by molar-refractivity contribution is -0.162. The molecule has 1 aliphatic rings. The SMILES string of the molecule is CS(=O)(=O)CC1(c2cccc(F)c2)OCC(CO)O1. The van der Waals surface area contributed by atoms with Crippen LogP contribution in [0.15, 0.2) is 24.3 Å². The summed E-state index contributed by atoms with van der Waals surface area (Å²) in [6.07, 6.45) is 0.428. The Balaban J connectivity index is 2.40. The molecule has 1 fully saturated rings. The van der Waals surface area contributed by atoms with Gasteiger partial charge >= 0.3 is 0 Å². The van der Waals surface area contributed by atoms with Crippen molar-refractivity contribution in [1.29, 1.82) is 0 Å². The number of aliphatic hydroxyl groups excluding tert-OH is 1. The maximum atomic E-state index is 13.3. The van der Waals surface area contributed by atoms with Gasteiger partial charge in [-0.1, -0.05) is 12.1 Å². The molecule has 0 aromatic heterocycles. The van der Waals surface area contributed by atoms with Crippen LogP contribution in [0, 0.1) is 5.82 Å². The Morgan fingerprint density at radius 1 is 1.53 bits per heavy atom. The third kappa shape index (κ3) is 3.30. The molecule has 1 aromatic rings. The van der Waals surface area contributed by atoms with E-state index in [0.29, 0.717) is 0 Å². The van der Waals surface area contributed by atoms with Gasteiger partial charge in [0.25, 0.3) is 0 Å². The summed E-state index contributed by atoms with van der Waals surface area (Å²) in [5.74, 6) is -2.49. The molecule has 2 unspecified atom stereocenters.